The van der Waals surface area contributed by atoms with Crippen molar-refractivity contribution in [2.24, 2.45) is 17.6 Å². The van der Waals surface area contributed by atoms with Crippen LogP contribution < -0.4 is 26.4 Å². The standard InChI is InChI=1S/C46H73N7O8S/c1-9-23-53(44(56)40(31(6)11-3)51-42(55)37-16-12-15-24-52(37)8)38(30(4)5)28-39(60-25-10-2)43-50-36(29-62-43)41(54)49-34(26-32(7)45(57)58)27-33-17-19-35(20-18-33)61-46(59)48-22-14-13-21-47/h17-20,29,31-32,34,37-40H,4,9-16,21-28,47H2,1-3,5-8H3,(H,48,59)(H,49,54)(H,51,55)(H,57,58)/t31-,32-,34?,37+,38+,39+,40-/m0/s1. The van der Waals surface area contributed by atoms with Gasteiger partial charge >= 0.3 is 12.1 Å². The third-order valence-electron chi connectivity index (χ3n) is 11.4. The average molecular weight is 884 g/mol. The fraction of sp³-hybridized carbons (Fsp3) is 0.652. The van der Waals surface area contributed by atoms with Gasteiger partial charge in [0.25, 0.3) is 5.91 Å². The molecule has 0 bridgehead atoms. The van der Waals surface area contributed by atoms with E-state index in [9.17, 15) is 29.1 Å². The molecule has 15 nitrogen and oxygen atoms in total. The minimum absolute atomic E-state index is 0.108. The molecule has 62 heavy (non-hydrogen) atoms. The SMILES string of the molecule is C=C(C)[C@@H](C[C@@H](OCCC)c1nc(C(=O)NC(Cc2ccc(OC(=O)NCCCCN)cc2)C[C@H](C)C(=O)O)cs1)N(CCC)C(=O)[C@@H](NC(=O)[C@H]1CCCCN1C)[C@@H](C)CC. The van der Waals surface area contributed by atoms with Gasteiger partial charge in [0.1, 0.15) is 28.6 Å². The minimum atomic E-state index is -0.977. The summed E-state index contributed by atoms with van der Waals surface area (Å²) in [5.74, 6) is -2.20. The van der Waals surface area contributed by atoms with Crippen LogP contribution in [-0.4, -0.2) is 114 Å². The molecule has 4 amide bonds. The van der Waals surface area contributed by atoms with Gasteiger partial charge in [-0.2, -0.15) is 0 Å². The van der Waals surface area contributed by atoms with Crippen LogP contribution in [0.2, 0.25) is 0 Å². The highest BCUT2D eigenvalue weighted by Crippen LogP contribution is 2.31. The Bertz CT molecular complexity index is 1740. The van der Waals surface area contributed by atoms with E-state index in [0.717, 1.165) is 56.2 Å². The van der Waals surface area contributed by atoms with Gasteiger partial charge in [0, 0.05) is 37.5 Å². The maximum Gasteiger partial charge on any atom is 0.412 e. The Balaban J connectivity index is 1.82. The zero-order chi connectivity index (χ0) is 45.8. The first-order valence-corrected chi connectivity index (χ1v) is 23.3. The van der Waals surface area contributed by atoms with E-state index < -0.39 is 48.1 Å². The molecule has 1 aromatic heterocycles. The third-order valence-corrected chi connectivity index (χ3v) is 12.4. The first-order chi connectivity index (χ1) is 29.6. The Morgan fingerprint density at radius 3 is 2.39 bits per heavy atom. The van der Waals surface area contributed by atoms with E-state index >= 15 is 0 Å². The lowest BCUT2D eigenvalue weighted by Crippen LogP contribution is -2.58. The second-order valence-electron chi connectivity index (χ2n) is 16.7. The number of carbonyl (C=O) groups excluding carboxylic acids is 4. The number of carbonyl (C=O) groups is 5. The molecule has 3 rings (SSSR count). The predicted molar refractivity (Wildman–Crippen MR) is 243 cm³/mol. The number of hydrogen-bond acceptors (Lipinski definition) is 11. The molecule has 1 saturated heterocycles. The molecule has 1 aliphatic rings. The Labute approximate surface area is 372 Å². The summed E-state index contributed by atoms with van der Waals surface area (Å²) >= 11 is 1.29. The highest BCUT2D eigenvalue weighted by molar-refractivity contribution is 7.09. The highest BCUT2D eigenvalue weighted by Gasteiger charge is 2.37. The lowest BCUT2D eigenvalue weighted by Gasteiger charge is -2.39. The van der Waals surface area contributed by atoms with Crippen LogP contribution in [0.4, 0.5) is 4.79 Å². The molecule has 346 valence electrons. The van der Waals surface area contributed by atoms with Gasteiger partial charge in [-0.15, -0.1) is 11.3 Å². The summed E-state index contributed by atoms with van der Waals surface area (Å²) < 4.78 is 11.8. The lowest BCUT2D eigenvalue weighted by atomic mass is 9.93. The predicted octanol–water partition coefficient (Wildman–Crippen LogP) is 6.48. The fourth-order valence-corrected chi connectivity index (χ4v) is 8.44. The number of piperidine rings is 1. The number of nitrogens with zero attached hydrogens (tertiary/aromatic N) is 3. The summed E-state index contributed by atoms with van der Waals surface area (Å²) in [6, 6.07) is 4.87. The molecular formula is C46H73N7O8S. The van der Waals surface area contributed by atoms with Crippen molar-refractivity contribution in [3.63, 3.8) is 0 Å². The van der Waals surface area contributed by atoms with Crippen LogP contribution >= 0.6 is 11.3 Å². The zero-order valence-electron chi connectivity index (χ0n) is 38.1. The largest absolute Gasteiger partial charge is 0.481 e. The number of carboxylic acids is 1. The van der Waals surface area contributed by atoms with Gasteiger partial charge in [-0.3, -0.25) is 24.1 Å². The van der Waals surface area contributed by atoms with Gasteiger partial charge in [0.15, 0.2) is 0 Å². The van der Waals surface area contributed by atoms with Gasteiger partial charge in [0.2, 0.25) is 11.8 Å². The van der Waals surface area contributed by atoms with Crippen molar-refractivity contribution in [3.05, 3.63) is 58.1 Å². The van der Waals surface area contributed by atoms with Crippen LogP contribution in [0.3, 0.4) is 0 Å². The molecule has 1 aromatic carbocycles. The van der Waals surface area contributed by atoms with Gasteiger partial charge < -0.3 is 41.2 Å². The number of amides is 4. The molecule has 0 spiro atoms. The third kappa shape index (κ3) is 16.4. The number of ether oxygens (including phenoxy) is 2. The van der Waals surface area contributed by atoms with E-state index in [4.69, 9.17) is 20.2 Å². The number of unbranched alkanes of at least 4 members (excludes halogenated alkanes) is 1. The number of rotatable bonds is 27. The summed E-state index contributed by atoms with van der Waals surface area (Å²) in [4.78, 5) is 74.8. The normalized spacial score (nSPS) is 17.1. The number of thiazole rings is 1. The molecule has 0 aliphatic carbocycles. The van der Waals surface area contributed by atoms with Crippen LogP contribution in [0, 0.1) is 11.8 Å². The number of nitrogens with two attached hydrogens (primary N) is 1. The van der Waals surface area contributed by atoms with Gasteiger partial charge in [-0.05, 0) is 102 Å². The number of likely N-dealkylation sites (tertiary alicyclic amines) is 1. The molecule has 2 heterocycles. The van der Waals surface area contributed by atoms with E-state index in [1.54, 1.807) is 36.6 Å². The van der Waals surface area contributed by atoms with Crippen molar-refractivity contribution in [1.29, 1.82) is 0 Å². The summed E-state index contributed by atoms with van der Waals surface area (Å²) in [6.45, 7) is 18.6. The molecule has 2 aromatic rings. The van der Waals surface area contributed by atoms with Gasteiger partial charge in [0.05, 0.1) is 18.0 Å². The second-order valence-corrected chi connectivity index (χ2v) is 17.6. The van der Waals surface area contributed by atoms with Crippen LogP contribution in [0.5, 0.6) is 5.75 Å². The van der Waals surface area contributed by atoms with Crippen molar-refractivity contribution >= 4 is 41.1 Å². The van der Waals surface area contributed by atoms with Crippen molar-refractivity contribution in [2.75, 3.05) is 39.8 Å². The van der Waals surface area contributed by atoms with Gasteiger partial charge in [-0.1, -0.05) is 71.7 Å². The number of likely N-dealkylation sites (N-methyl/N-ethyl adjacent to an activating group) is 1. The summed E-state index contributed by atoms with van der Waals surface area (Å²) in [5.41, 5.74) is 7.25. The van der Waals surface area contributed by atoms with Gasteiger partial charge in [-0.25, -0.2) is 9.78 Å². The number of aliphatic carboxylic acids is 1. The molecule has 0 radical (unpaired) electrons. The summed E-state index contributed by atoms with van der Waals surface area (Å²) in [7, 11) is 1.96. The highest BCUT2D eigenvalue weighted by atomic mass is 32.1. The van der Waals surface area contributed by atoms with Crippen LogP contribution in [-0.2, 0) is 25.5 Å². The van der Waals surface area contributed by atoms with E-state index in [1.165, 1.54) is 11.3 Å². The fourth-order valence-electron chi connectivity index (χ4n) is 7.58. The number of carboxylic acid groups (broad SMARTS) is 1. The second kappa shape index (κ2) is 26.9. The van der Waals surface area contributed by atoms with E-state index in [2.05, 4.69) is 27.4 Å². The number of aromatic nitrogens is 1. The van der Waals surface area contributed by atoms with Crippen molar-refractivity contribution in [2.45, 2.75) is 142 Å². The van der Waals surface area contributed by atoms with Crippen molar-refractivity contribution in [3.8, 4) is 5.75 Å². The van der Waals surface area contributed by atoms with E-state index in [1.807, 2.05) is 46.6 Å². The zero-order valence-corrected chi connectivity index (χ0v) is 38.9. The topological polar surface area (TPSA) is 206 Å². The molecular weight excluding hydrogens is 811 g/mol. The summed E-state index contributed by atoms with van der Waals surface area (Å²) in [6.07, 6.45) is 6.15. The minimum Gasteiger partial charge on any atom is -0.481 e. The molecule has 7 atom stereocenters. The monoisotopic (exact) mass is 884 g/mol. The Hall–Kier alpha value is -4.38. The molecule has 1 fully saturated rings. The number of benzene rings is 1. The molecule has 16 heteroatoms. The maximum absolute atomic E-state index is 14.7. The smallest absolute Gasteiger partial charge is 0.412 e. The first-order valence-electron chi connectivity index (χ1n) is 22.5. The lowest BCUT2D eigenvalue weighted by molar-refractivity contribution is -0.141. The molecule has 1 unspecified atom stereocenters. The Morgan fingerprint density at radius 1 is 1.05 bits per heavy atom. The van der Waals surface area contributed by atoms with Crippen LogP contribution in [0.15, 0.2) is 41.8 Å². The molecule has 6 N–H and O–H groups in total. The van der Waals surface area contributed by atoms with E-state index in [-0.39, 0.29) is 35.9 Å². The van der Waals surface area contributed by atoms with Crippen molar-refractivity contribution in [1.82, 2.24) is 30.7 Å². The molecule has 0 saturated carbocycles. The van der Waals surface area contributed by atoms with E-state index in [0.29, 0.717) is 62.7 Å². The average Bonchev–Trinajstić information content (AvgIpc) is 3.74. The van der Waals surface area contributed by atoms with Crippen molar-refractivity contribution < 1.29 is 38.6 Å². The Kier molecular flexibility index (Phi) is 22.6. The quantitative estimate of drug-likeness (QED) is 0.0485. The maximum atomic E-state index is 14.7. The number of nitrogens with one attached hydrogen (secondary N) is 3. The van der Waals surface area contributed by atoms with Crippen LogP contribution in [0.1, 0.15) is 133 Å². The number of hydrogen-bond donors (Lipinski definition) is 5. The summed E-state index contributed by atoms with van der Waals surface area (Å²) in [5, 5.41) is 20.8. The van der Waals surface area contributed by atoms with Crippen LogP contribution in [0.25, 0.3) is 0 Å². The Morgan fingerprint density at radius 2 is 1.77 bits per heavy atom. The first kappa shape index (κ1) is 52.0. The molecule has 1 aliphatic heterocycles.